The van der Waals surface area contributed by atoms with Crippen LogP contribution in [-0.2, 0) is 22.5 Å². The molecule has 1 atom stereocenters. The van der Waals surface area contributed by atoms with Crippen molar-refractivity contribution in [1.82, 2.24) is 15.0 Å². The average molecular weight is 360 g/mol. The summed E-state index contributed by atoms with van der Waals surface area (Å²) in [5.41, 5.74) is 3.57. The number of nitrogens with zero attached hydrogens (tertiary/aromatic N) is 3. The lowest BCUT2D eigenvalue weighted by molar-refractivity contribution is -0.169. The average Bonchev–Trinajstić information content (AvgIpc) is 3.08. The van der Waals surface area contributed by atoms with Crippen LogP contribution in [0.15, 0.2) is 30.5 Å². The van der Waals surface area contributed by atoms with Crippen molar-refractivity contribution in [2.24, 2.45) is 5.41 Å². The Kier molecular flexibility index (Phi) is 7.35. The van der Waals surface area contributed by atoms with Gasteiger partial charge < -0.3 is 9.47 Å². The number of rotatable bonds is 6. The molecular weight excluding hydrogens is 326 g/mol. The van der Waals surface area contributed by atoms with Crippen LogP contribution in [0.1, 0.15) is 65.1 Å². The predicted molar refractivity (Wildman–Crippen MR) is 104 cm³/mol. The van der Waals surface area contributed by atoms with Gasteiger partial charge in [-0.3, -0.25) is 0 Å². The van der Waals surface area contributed by atoms with E-state index in [0.717, 1.165) is 37.3 Å². The van der Waals surface area contributed by atoms with Crippen molar-refractivity contribution in [2.45, 2.75) is 73.2 Å². The van der Waals surface area contributed by atoms with Crippen LogP contribution >= 0.6 is 0 Å². The summed E-state index contributed by atoms with van der Waals surface area (Å²) in [6.45, 7) is 8.06. The van der Waals surface area contributed by atoms with E-state index >= 15 is 0 Å². The van der Waals surface area contributed by atoms with Gasteiger partial charge in [0.05, 0.1) is 18.5 Å². The Morgan fingerprint density at radius 1 is 1.19 bits per heavy atom. The highest BCUT2D eigenvalue weighted by Crippen LogP contribution is 2.22. The SMILES string of the molecule is C.CC(C)(C)CCc1ccc(-n2cc(COC3CCCCO3)nn2)cc1. The van der Waals surface area contributed by atoms with Gasteiger partial charge >= 0.3 is 0 Å². The molecule has 1 unspecified atom stereocenters. The van der Waals surface area contributed by atoms with Gasteiger partial charge in [-0.25, -0.2) is 4.68 Å². The van der Waals surface area contributed by atoms with Crippen LogP contribution < -0.4 is 0 Å². The van der Waals surface area contributed by atoms with Gasteiger partial charge in [0.1, 0.15) is 5.69 Å². The van der Waals surface area contributed by atoms with E-state index < -0.39 is 0 Å². The van der Waals surface area contributed by atoms with Crippen molar-refractivity contribution >= 4 is 0 Å². The van der Waals surface area contributed by atoms with Gasteiger partial charge in [-0.1, -0.05) is 45.5 Å². The Bertz CT molecular complexity index is 653. The van der Waals surface area contributed by atoms with Gasteiger partial charge in [-0.05, 0) is 55.2 Å². The van der Waals surface area contributed by atoms with Crippen LogP contribution in [0.3, 0.4) is 0 Å². The summed E-state index contributed by atoms with van der Waals surface area (Å²) in [5, 5.41) is 8.41. The number of ether oxygens (including phenoxy) is 2. The van der Waals surface area contributed by atoms with Crippen LogP contribution in [-0.4, -0.2) is 27.9 Å². The number of aromatic nitrogens is 3. The topological polar surface area (TPSA) is 49.2 Å². The minimum Gasteiger partial charge on any atom is -0.353 e. The molecule has 0 aliphatic carbocycles. The maximum absolute atomic E-state index is 5.76. The quantitative estimate of drug-likeness (QED) is 0.734. The fourth-order valence-electron chi connectivity index (χ4n) is 2.85. The Labute approximate surface area is 157 Å². The molecule has 0 saturated carbocycles. The number of benzene rings is 1. The summed E-state index contributed by atoms with van der Waals surface area (Å²) in [7, 11) is 0. The molecule has 1 aliphatic heterocycles. The summed E-state index contributed by atoms with van der Waals surface area (Å²) in [5.74, 6) is 0. The molecular formula is C21H33N3O2. The zero-order valence-corrected chi connectivity index (χ0v) is 15.6. The van der Waals surface area contributed by atoms with Crippen LogP contribution in [0.25, 0.3) is 5.69 Å². The van der Waals surface area contributed by atoms with E-state index in [1.165, 1.54) is 18.4 Å². The fourth-order valence-corrected chi connectivity index (χ4v) is 2.85. The second-order valence-corrected chi connectivity index (χ2v) is 7.99. The van der Waals surface area contributed by atoms with E-state index in [0.29, 0.717) is 12.0 Å². The van der Waals surface area contributed by atoms with E-state index in [2.05, 4.69) is 55.3 Å². The first-order valence-electron chi connectivity index (χ1n) is 9.23. The molecule has 0 spiro atoms. The second kappa shape index (κ2) is 9.28. The Balaban J connectivity index is 0.00000243. The van der Waals surface area contributed by atoms with Crippen molar-refractivity contribution in [3.05, 3.63) is 41.7 Å². The van der Waals surface area contributed by atoms with Gasteiger partial charge in [-0.2, -0.15) is 0 Å². The Morgan fingerprint density at radius 3 is 2.62 bits per heavy atom. The molecule has 26 heavy (non-hydrogen) atoms. The van der Waals surface area contributed by atoms with E-state index in [1.807, 2.05) is 6.20 Å². The molecule has 0 radical (unpaired) electrons. The third kappa shape index (κ3) is 6.22. The number of hydrogen-bond acceptors (Lipinski definition) is 4. The lowest BCUT2D eigenvalue weighted by Gasteiger charge is -2.22. The third-order valence-electron chi connectivity index (χ3n) is 4.46. The Morgan fingerprint density at radius 2 is 1.96 bits per heavy atom. The zero-order valence-electron chi connectivity index (χ0n) is 15.6. The Hall–Kier alpha value is -1.72. The molecule has 1 aliphatic rings. The van der Waals surface area contributed by atoms with Crippen molar-refractivity contribution in [3.8, 4) is 5.69 Å². The van der Waals surface area contributed by atoms with Crippen LogP contribution in [0.5, 0.6) is 0 Å². The lowest BCUT2D eigenvalue weighted by atomic mass is 9.89. The molecule has 3 rings (SSSR count). The zero-order chi connectivity index (χ0) is 17.7. The van der Waals surface area contributed by atoms with Crippen LogP contribution in [0.4, 0.5) is 0 Å². The second-order valence-electron chi connectivity index (χ2n) is 7.99. The van der Waals surface area contributed by atoms with Gasteiger partial charge in [0.2, 0.25) is 0 Å². The van der Waals surface area contributed by atoms with Gasteiger partial charge in [-0.15, -0.1) is 5.10 Å². The fraction of sp³-hybridized carbons (Fsp3) is 0.619. The normalized spacial score (nSPS) is 17.7. The first-order chi connectivity index (χ1) is 12.0. The van der Waals surface area contributed by atoms with Crippen molar-refractivity contribution in [3.63, 3.8) is 0 Å². The van der Waals surface area contributed by atoms with Crippen LogP contribution in [0.2, 0.25) is 0 Å². The maximum atomic E-state index is 5.76. The first kappa shape index (κ1) is 20.6. The molecule has 5 nitrogen and oxygen atoms in total. The summed E-state index contributed by atoms with van der Waals surface area (Å²) in [6.07, 6.45) is 7.36. The summed E-state index contributed by atoms with van der Waals surface area (Å²) in [4.78, 5) is 0. The molecule has 0 amide bonds. The number of aryl methyl sites for hydroxylation is 1. The summed E-state index contributed by atoms with van der Waals surface area (Å²) in [6, 6.07) is 8.55. The van der Waals surface area contributed by atoms with Gasteiger partial charge in [0, 0.05) is 6.61 Å². The van der Waals surface area contributed by atoms with E-state index in [-0.39, 0.29) is 13.7 Å². The molecule has 0 bridgehead atoms. The molecule has 5 heteroatoms. The molecule has 0 N–H and O–H groups in total. The van der Waals surface area contributed by atoms with E-state index in [4.69, 9.17) is 9.47 Å². The minimum absolute atomic E-state index is 0. The summed E-state index contributed by atoms with van der Waals surface area (Å²) < 4.78 is 13.1. The molecule has 2 heterocycles. The van der Waals surface area contributed by atoms with E-state index in [9.17, 15) is 0 Å². The molecule has 2 aromatic rings. The minimum atomic E-state index is -0.0963. The highest BCUT2D eigenvalue weighted by atomic mass is 16.7. The van der Waals surface area contributed by atoms with Gasteiger partial charge in [0.15, 0.2) is 6.29 Å². The molecule has 144 valence electrons. The molecule has 1 aromatic carbocycles. The van der Waals surface area contributed by atoms with Crippen LogP contribution in [0, 0.1) is 5.41 Å². The van der Waals surface area contributed by atoms with Crippen molar-refractivity contribution in [2.75, 3.05) is 6.61 Å². The molecule has 1 saturated heterocycles. The standard InChI is InChI=1S/C20H29N3O2.CH4/c1-20(2,3)12-11-16-7-9-18(10-8-16)23-14-17(21-22-23)15-25-19-6-4-5-13-24-19;/h7-10,14,19H,4-6,11-13,15H2,1-3H3;1H4. The molecule has 1 fully saturated rings. The van der Waals surface area contributed by atoms with E-state index in [1.54, 1.807) is 4.68 Å². The largest absolute Gasteiger partial charge is 0.353 e. The highest BCUT2D eigenvalue weighted by molar-refractivity contribution is 5.33. The monoisotopic (exact) mass is 359 g/mol. The summed E-state index contributed by atoms with van der Waals surface area (Å²) >= 11 is 0. The third-order valence-corrected chi connectivity index (χ3v) is 4.46. The molecule has 1 aromatic heterocycles. The lowest BCUT2D eigenvalue weighted by Crippen LogP contribution is -2.22. The van der Waals surface area contributed by atoms with Crippen molar-refractivity contribution < 1.29 is 9.47 Å². The van der Waals surface area contributed by atoms with Crippen molar-refractivity contribution in [1.29, 1.82) is 0 Å². The highest BCUT2D eigenvalue weighted by Gasteiger charge is 2.15. The van der Waals surface area contributed by atoms with Gasteiger partial charge in [0.25, 0.3) is 0 Å². The number of hydrogen-bond donors (Lipinski definition) is 0. The first-order valence-corrected chi connectivity index (χ1v) is 9.23. The maximum Gasteiger partial charge on any atom is 0.158 e. The smallest absolute Gasteiger partial charge is 0.158 e. The predicted octanol–water partition coefficient (Wildman–Crippen LogP) is 4.93.